The lowest BCUT2D eigenvalue weighted by molar-refractivity contribution is -0.167. The standard InChI is InChI=1S/C68H128O6/c1-4-7-10-13-16-19-22-25-27-29-31-32-33-34-35-36-37-39-40-43-46-49-52-55-58-61-67(70)73-64-65(63-72-66(69)60-57-54-51-48-45-42-24-21-18-15-12-9-6-3)74-68(71)62-59-56-53-50-47-44-41-38-30-28-26-23-20-17-14-11-8-5-2/h28-31,65H,4-27,32-64H2,1-3H3/b30-28-,31-29-. The van der Waals surface area contributed by atoms with Crippen LogP contribution < -0.4 is 0 Å². The van der Waals surface area contributed by atoms with Gasteiger partial charge in [0, 0.05) is 19.3 Å². The zero-order valence-corrected chi connectivity index (χ0v) is 50.1. The van der Waals surface area contributed by atoms with E-state index in [0.717, 1.165) is 57.8 Å². The Bertz CT molecular complexity index is 1190. The minimum Gasteiger partial charge on any atom is -0.462 e. The van der Waals surface area contributed by atoms with Crippen molar-refractivity contribution >= 4 is 17.9 Å². The van der Waals surface area contributed by atoms with Gasteiger partial charge in [0.25, 0.3) is 0 Å². The van der Waals surface area contributed by atoms with Crippen LogP contribution in [0.1, 0.15) is 374 Å². The summed E-state index contributed by atoms with van der Waals surface area (Å²) >= 11 is 0. The molecule has 0 amide bonds. The first-order chi connectivity index (χ1) is 36.5. The fourth-order valence-electron chi connectivity index (χ4n) is 10.1. The molecule has 0 N–H and O–H groups in total. The Balaban J connectivity index is 4.23. The van der Waals surface area contributed by atoms with Crippen LogP contribution >= 0.6 is 0 Å². The molecule has 6 nitrogen and oxygen atoms in total. The van der Waals surface area contributed by atoms with E-state index in [0.29, 0.717) is 19.3 Å². The SMILES string of the molecule is CCCCCCCCC/C=C\CCCCCCCCCC(=O)OC(COC(=O)CCCCCCCCCCCCCCC)COC(=O)CCCCCCCCCCCCCCC/C=C\CCCCCCCCCC. The lowest BCUT2D eigenvalue weighted by atomic mass is 10.0. The molecule has 0 radical (unpaired) electrons. The van der Waals surface area contributed by atoms with Crippen molar-refractivity contribution in [3.63, 3.8) is 0 Å². The largest absolute Gasteiger partial charge is 0.462 e. The molecule has 0 aromatic carbocycles. The molecule has 0 bridgehead atoms. The molecule has 74 heavy (non-hydrogen) atoms. The molecule has 0 spiro atoms. The molecule has 0 aliphatic heterocycles. The zero-order chi connectivity index (χ0) is 53.6. The van der Waals surface area contributed by atoms with Crippen LogP contribution in [0, 0.1) is 0 Å². The second-order valence-electron chi connectivity index (χ2n) is 22.7. The second-order valence-corrected chi connectivity index (χ2v) is 22.7. The molecule has 0 heterocycles. The van der Waals surface area contributed by atoms with Crippen LogP contribution in [0.25, 0.3) is 0 Å². The number of carbonyl (C=O) groups excluding carboxylic acids is 3. The van der Waals surface area contributed by atoms with Crippen LogP contribution in [0.5, 0.6) is 0 Å². The average Bonchev–Trinajstić information content (AvgIpc) is 3.40. The number of rotatable bonds is 62. The Hall–Kier alpha value is -2.11. The molecule has 0 fully saturated rings. The van der Waals surface area contributed by atoms with Crippen LogP contribution in [0.2, 0.25) is 0 Å². The molecule has 436 valence electrons. The monoisotopic (exact) mass is 1040 g/mol. The lowest BCUT2D eigenvalue weighted by Crippen LogP contribution is -2.30. The highest BCUT2D eigenvalue weighted by Crippen LogP contribution is 2.18. The van der Waals surface area contributed by atoms with Gasteiger partial charge in [-0.15, -0.1) is 0 Å². The van der Waals surface area contributed by atoms with E-state index in [1.807, 2.05) is 0 Å². The molecule has 0 aromatic rings. The van der Waals surface area contributed by atoms with Crippen molar-refractivity contribution in [2.75, 3.05) is 13.2 Å². The highest BCUT2D eigenvalue weighted by Gasteiger charge is 2.19. The van der Waals surface area contributed by atoms with Gasteiger partial charge < -0.3 is 14.2 Å². The Kier molecular flexibility index (Phi) is 61.6. The van der Waals surface area contributed by atoms with E-state index in [2.05, 4.69) is 45.1 Å². The van der Waals surface area contributed by atoms with Gasteiger partial charge in [-0.3, -0.25) is 14.4 Å². The van der Waals surface area contributed by atoms with Crippen LogP contribution in [0.3, 0.4) is 0 Å². The predicted octanol–water partition coefficient (Wildman–Crippen LogP) is 22.6. The maximum Gasteiger partial charge on any atom is 0.306 e. The highest BCUT2D eigenvalue weighted by molar-refractivity contribution is 5.71. The van der Waals surface area contributed by atoms with Crippen molar-refractivity contribution in [3.8, 4) is 0 Å². The summed E-state index contributed by atoms with van der Waals surface area (Å²) in [7, 11) is 0. The topological polar surface area (TPSA) is 78.9 Å². The first kappa shape index (κ1) is 71.9. The Morgan fingerprint density at radius 1 is 0.257 bits per heavy atom. The van der Waals surface area contributed by atoms with Crippen LogP contribution in [-0.4, -0.2) is 37.2 Å². The third kappa shape index (κ3) is 60.8. The van der Waals surface area contributed by atoms with Crippen LogP contribution in [0.15, 0.2) is 24.3 Å². The van der Waals surface area contributed by atoms with Gasteiger partial charge in [0.15, 0.2) is 6.10 Å². The van der Waals surface area contributed by atoms with Gasteiger partial charge in [-0.25, -0.2) is 0 Å². The number of unbranched alkanes of at least 4 members (excludes halogenated alkanes) is 47. The molecule has 0 saturated heterocycles. The summed E-state index contributed by atoms with van der Waals surface area (Å²) in [6.45, 7) is 6.70. The van der Waals surface area contributed by atoms with Crippen molar-refractivity contribution in [2.24, 2.45) is 0 Å². The van der Waals surface area contributed by atoms with E-state index in [4.69, 9.17) is 14.2 Å². The lowest BCUT2D eigenvalue weighted by Gasteiger charge is -2.18. The molecule has 0 rings (SSSR count). The van der Waals surface area contributed by atoms with E-state index in [9.17, 15) is 14.4 Å². The fraction of sp³-hybridized carbons (Fsp3) is 0.897. The summed E-state index contributed by atoms with van der Waals surface area (Å²) in [5, 5.41) is 0. The van der Waals surface area contributed by atoms with E-state index in [1.165, 1.54) is 276 Å². The van der Waals surface area contributed by atoms with Crippen molar-refractivity contribution in [2.45, 2.75) is 380 Å². The normalized spacial score (nSPS) is 12.1. The van der Waals surface area contributed by atoms with Crippen molar-refractivity contribution in [1.29, 1.82) is 0 Å². The summed E-state index contributed by atoms with van der Waals surface area (Å²) in [4.78, 5) is 38.3. The number of esters is 3. The van der Waals surface area contributed by atoms with Gasteiger partial charge in [-0.2, -0.15) is 0 Å². The number of hydrogen-bond donors (Lipinski definition) is 0. The minimum atomic E-state index is -0.770. The quantitative estimate of drug-likeness (QED) is 0.0261. The molecular weight excluding hydrogens is 913 g/mol. The Labute approximate surface area is 462 Å². The highest BCUT2D eigenvalue weighted by atomic mass is 16.6. The van der Waals surface area contributed by atoms with Gasteiger partial charge in [0.1, 0.15) is 13.2 Å². The Morgan fingerprint density at radius 3 is 0.676 bits per heavy atom. The summed E-state index contributed by atoms with van der Waals surface area (Å²) in [6, 6.07) is 0. The van der Waals surface area contributed by atoms with E-state index in [-0.39, 0.29) is 31.1 Å². The average molecular weight is 1040 g/mol. The van der Waals surface area contributed by atoms with Gasteiger partial charge in [0.2, 0.25) is 0 Å². The molecule has 0 aliphatic carbocycles. The van der Waals surface area contributed by atoms with Crippen LogP contribution in [0.4, 0.5) is 0 Å². The molecule has 0 aliphatic rings. The number of carbonyl (C=O) groups is 3. The van der Waals surface area contributed by atoms with E-state index < -0.39 is 6.10 Å². The maximum atomic E-state index is 12.9. The number of ether oxygens (including phenoxy) is 3. The smallest absolute Gasteiger partial charge is 0.306 e. The third-order valence-electron chi connectivity index (χ3n) is 15.2. The molecule has 0 aromatic heterocycles. The van der Waals surface area contributed by atoms with Gasteiger partial charge in [0.05, 0.1) is 0 Å². The molecule has 1 atom stereocenters. The predicted molar refractivity (Wildman–Crippen MR) is 321 cm³/mol. The number of hydrogen-bond acceptors (Lipinski definition) is 6. The second kappa shape index (κ2) is 63.4. The molecular formula is C68H128O6. The molecule has 6 heteroatoms. The third-order valence-corrected chi connectivity index (χ3v) is 15.2. The summed E-state index contributed by atoms with van der Waals surface area (Å²) < 4.78 is 17.0. The molecule has 1 unspecified atom stereocenters. The minimum absolute atomic E-state index is 0.0675. The summed E-state index contributed by atoms with van der Waals surface area (Å²) in [5.74, 6) is -0.845. The van der Waals surface area contributed by atoms with Crippen molar-refractivity contribution < 1.29 is 28.6 Å². The van der Waals surface area contributed by atoms with Crippen LogP contribution in [-0.2, 0) is 28.6 Å². The number of allylic oxidation sites excluding steroid dienone is 4. The Morgan fingerprint density at radius 2 is 0.446 bits per heavy atom. The zero-order valence-electron chi connectivity index (χ0n) is 50.1. The van der Waals surface area contributed by atoms with Gasteiger partial charge in [-0.05, 0) is 70.6 Å². The van der Waals surface area contributed by atoms with Gasteiger partial charge >= 0.3 is 17.9 Å². The first-order valence-electron chi connectivity index (χ1n) is 33.3. The maximum absolute atomic E-state index is 12.9. The van der Waals surface area contributed by atoms with Crippen molar-refractivity contribution in [1.82, 2.24) is 0 Å². The summed E-state index contributed by atoms with van der Waals surface area (Å²) in [5.41, 5.74) is 0. The van der Waals surface area contributed by atoms with E-state index >= 15 is 0 Å². The first-order valence-corrected chi connectivity index (χ1v) is 33.3. The summed E-state index contributed by atoms with van der Waals surface area (Å²) in [6.07, 6.45) is 76.2. The molecule has 0 saturated carbocycles. The van der Waals surface area contributed by atoms with Crippen molar-refractivity contribution in [3.05, 3.63) is 24.3 Å². The van der Waals surface area contributed by atoms with Gasteiger partial charge in [-0.1, -0.05) is 308 Å². The fourth-order valence-corrected chi connectivity index (χ4v) is 10.1. The van der Waals surface area contributed by atoms with E-state index in [1.54, 1.807) is 0 Å².